The van der Waals surface area contributed by atoms with E-state index in [0.717, 1.165) is 0 Å². The molecule has 0 bridgehead atoms. The summed E-state index contributed by atoms with van der Waals surface area (Å²) in [5, 5.41) is 12.3. The van der Waals surface area contributed by atoms with E-state index in [4.69, 9.17) is 4.74 Å². The van der Waals surface area contributed by atoms with Crippen molar-refractivity contribution < 1.29 is 9.66 Å². The first-order chi connectivity index (χ1) is 8.63. The average Bonchev–Trinajstić information content (AvgIpc) is 2.34. The van der Waals surface area contributed by atoms with Crippen molar-refractivity contribution in [2.24, 2.45) is 0 Å². The van der Waals surface area contributed by atoms with Crippen molar-refractivity contribution in [3.63, 3.8) is 0 Å². The van der Waals surface area contributed by atoms with Crippen molar-refractivity contribution in [2.75, 3.05) is 11.9 Å². The highest BCUT2D eigenvalue weighted by Crippen LogP contribution is 2.30. The van der Waals surface area contributed by atoms with Crippen LogP contribution >= 0.6 is 15.9 Å². The number of pyridine rings is 1. The minimum Gasteiger partial charge on any atom is -0.492 e. The van der Waals surface area contributed by atoms with Gasteiger partial charge in [-0.3, -0.25) is 15.1 Å². The van der Waals surface area contributed by atoms with Crippen LogP contribution in [0.3, 0.4) is 0 Å². The molecule has 0 radical (unpaired) electrons. The molecular weight excluding hydrogens is 300 g/mol. The van der Waals surface area contributed by atoms with E-state index < -0.39 is 4.92 Å². The van der Waals surface area contributed by atoms with E-state index in [2.05, 4.69) is 20.9 Å². The number of hydrogen-bond acceptors (Lipinski definition) is 4. The van der Waals surface area contributed by atoms with Crippen molar-refractivity contribution in [1.82, 2.24) is 4.98 Å². The Morgan fingerprint density at radius 2 is 2.28 bits per heavy atom. The Hall–Kier alpha value is -1.69. The van der Waals surface area contributed by atoms with Crippen LogP contribution < -0.4 is 4.74 Å². The van der Waals surface area contributed by atoms with Gasteiger partial charge in [-0.05, 0) is 19.1 Å². The van der Waals surface area contributed by atoms with Crippen LogP contribution in [0.5, 0.6) is 5.75 Å². The molecule has 6 heteroatoms. The molecule has 1 aromatic carbocycles. The lowest BCUT2D eigenvalue weighted by Crippen LogP contribution is -1.99. The second-order valence-electron chi connectivity index (χ2n) is 3.76. The van der Waals surface area contributed by atoms with Crippen molar-refractivity contribution >= 4 is 32.5 Å². The van der Waals surface area contributed by atoms with Gasteiger partial charge in [0.2, 0.25) is 0 Å². The highest BCUT2D eigenvalue weighted by atomic mass is 79.9. The number of benzene rings is 1. The number of hydrogen-bond donors (Lipinski definition) is 0. The number of halogens is 1. The molecule has 0 saturated carbocycles. The van der Waals surface area contributed by atoms with Crippen LogP contribution in [0.4, 0.5) is 5.69 Å². The van der Waals surface area contributed by atoms with E-state index in [1.807, 2.05) is 0 Å². The van der Waals surface area contributed by atoms with Gasteiger partial charge in [-0.2, -0.15) is 0 Å². The Bertz CT molecular complexity index is 601. The topological polar surface area (TPSA) is 65.3 Å². The first kappa shape index (κ1) is 12.8. The van der Waals surface area contributed by atoms with Crippen molar-refractivity contribution in [2.45, 2.75) is 6.92 Å². The number of aryl methyl sites for hydroxylation is 1. The molecule has 0 aliphatic rings. The average molecular weight is 311 g/mol. The molecule has 0 unspecified atom stereocenters. The fourth-order valence-electron chi connectivity index (χ4n) is 1.73. The van der Waals surface area contributed by atoms with Crippen LogP contribution in [0.25, 0.3) is 10.9 Å². The van der Waals surface area contributed by atoms with Gasteiger partial charge in [0.15, 0.2) is 0 Å². The fourth-order valence-corrected chi connectivity index (χ4v) is 1.89. The zero-order valence-corrected chi connectivity index (χ0v) is 11.3. The summed E-state index contributed by atoms with van der Waals surface area (Å²) in [4.78, 5) is 14.7. The van der Waals surface area contributed by atoms with E-state index in [1.54, 1.807) is 25.3 Å². The zero-order valence-electron chi connectivity index (χ0n) is 9.72. The Morgan fingerprint density at radius 3 is 2.94 bits per heavy atom. The maximum Gasteiger partial charge on any atom is 0.273 e. The summed E-state index contributed by atoms with van der Waals surface area (Å²) in [5.74, 6) is 0.613. The first-order valence-electron chi connectivity index (χ1n) is 5.36. The van der Waals surface area contributed by atoms with Gasteiger partial charge < -0.3 is 4.74 Å². The van der Waals surface area contributed by atoms with E-state index >= 15 is 0 Å². The molecule has 18 heavy (non-hydrogen) atoms. The Morgan fingerprint density at radius 1 is 1.50 bits per heavy atom. The number of aromatic nitrogens is 1. The van der Waals surface area contributed by atoms with E-state index in [-0.39, 0.29) is 5.69 Å². The van der Waals surface area contributed by atoms with Crippen molar-refractivity contribution in [1.29, 1.82) is 0 Å². The van der Waals surface area contributed by atoms with Gasteiger partial charge in [-0.1, -0.05) is 15.9 Å². The molecule has 2 aromatic rings. The number of fused-ring (bicyclic) bond motifs is 1. The fraction of sp³-hybridized carbons (Fsp3) is 0.250. The molecule has 0 spiro atoms. The lowest BCUT2D eigenvalue weighted by Gasteiger charge is -2.08. The molecule has 0 saturated heterocycles. The number of nitro benzene ring substituents is 1. The molecule has 2 rings (SSSR count). The molecule has 5 nitrogen and oxygen atoms in total. The predicted molar refractivity (Wildman–Crippen MR) is 72.4 cm³/mol. The van der Waals surface area contributed by atoms with Gasteiger partial charge in [0, 0.05) is 28.5 Å². The molecule has 0 amide bonds. The summed E-state index contributed by atoms with van der Waals surface area (Å²) >= 11 is 3.27. The summed E-state index contributed by atoms with van der Waals surface area (Å²) in [7, 11) is 0. The Labute approximate surface area is 112 Å². The minimum atomic E-state index is -0.393. The third kappa shape index (κ3) is 2.43. The van der Waals surface area contributed by atoms with Gasteiger partial charge in [0.25, 0.3) is 5.69 Å². The van der Waals surface area contributed by atoms with E-state index in [1.165, 1.54) is 6.07 Å². The van der Waals surface area contributed by atoms with E-state index in [0.29, 0.717) is 34.2 Å². The summed E-state index contributed by atoms with van der Waals surface area (Å²) < 4.78 is 5.53. The molecule has 1 heterocycles. The van der Waals surface area contributed by atoms with Crippen LogP contribution in [-0.2, 0) is 0 Å². The predicted octanol–water partition coefficient (Wildman–Crippen LogP) is 3.23. The molecule has 0 atom stereocenters. The Balaban J connectivity index is 2.59. The highest BCUT2D eigenvalue weighted by Gasteiger charge is 2.14. The molecule has 94 valence electrons. The summed E-state index contributed by atoms with van der Waals surface area (Å²) in [6, 6.07) is 4.93. The summed E-state index contributed by atoms with van der Waals surface area (Å²) in [5.41, 5.74) is 1.38. The van der Waals surface area contributed by atoms with Crippen LogP contribution in [0.2, 0.25) is 0 Å². The second-order valence-corrected chi connectivity index (χ2v) is 4.55. The minimum absolute atomic E-state index is 0.0826. The third-order valence-corrected chi connectivity index (χ3v) is 2.87. The second kappa shape index (κ2) is 5.30. The molecule has 0 N–H and O–H groups in total. The number of alkyl halides is 1. The van der Waals surface area contributed by atoms with Crippen LogP contribution in [0.15, 0.2) is 24.4 Å². The van der Waals surface area contributed by atoms with Crippen LogP contribution in [0, 0.1) is 17.0 Å². The molecule has 0 aliphatic carbocycles. The number of nitro groups is 1. The highest BCUT2D eigenvalue weighted by molar-refractivity contribution is 9.09. The quantitative estimate of drug-likeness (QED) is 0.494. The molecular formula is C12H11BrN2O3. The van der Waals surface area contributed by atoms with Crippen LogP contribution in [-0.4, -0.2) is 21.8 Å². The Kier molecular flexibility index (Phi) is 3.76. The number of rotatable bonds is 4. The lowest BCUT2D eigenvalue weighted by molar-refractivity contribution is -0.385. The smallest absolute Gasteiger partial charge is 0.273 e. The number of nitrogens with zero attached hydrogens (tertiary/aromatic N) is 2. The lowest BCUT2D eigenvalue weighted by atomic mass is 10.1. The normalized spacial score (nSPS) is 10.6. The van der Waals surface area contributed by atoms with Gasteiger partial charge in [0.1, 0.15) is 5.75 Å². The molecule has 0 aliphatic heterocycles. The van der Waals surface area contributed by atoms with Gasteiger partial charge in [-0.15, -0.1) is 0 Å². The van der Waals surface area contributed by atoms with Gasteiger partial charge in [-0.25, -0.2) is 0 Å². The SMILES string of the molecule is Cc1cc2nccc(OCCBr)c2cc1[N+](=O)[O-]. The maximum atomic E-state index is 10.9. The summed E-state index contributed by atoms with van der Waals surface area (Å²) in [6.07, 6.45) is 1.64. The van der Waals surface area contributed by atoms with Crippen molar-refractivity contribution in [3.05, 3.63) is 40.1 Å². The summed E-state index contributed by atoms with van der Waals surface area (Å²) in [6.45, 7) is 2.20. The number of ether oxygens (including phenoxy) is 1. The van der Waals surface area contributed by atoms with Crippen LogP contribution in [0.1, 0.15) is 5.56 Å². The van der Waals surface area contributed by atoms with Gasteiger partial charge in [0.05, 0.1) is 17.0 Å². The zero-order chi connectivity index (χ0) is 13.1. The van der Waals surface area contributed by atoms with Crippen molar-refractivity contribution in [3.8, 4) is 5.75 Å². The maximum absolute atomic E-state index is 10.9. The van der Waals surface area contributed by atoms with E-state index in [9.17, 15) is 10.1 Å². The largest absolute Gasteiger partial charge is 0.492 e. The van der Waals surface area contributed by atoms with Gasteiger partial charge >= 0.3 is 0 Å². The monoisotopic (exact) mass is 310 g/mol. The third-order valence-electron chi connectivity index (χ3n) is 2.55. The molecule has 0 fully saturated rings. The molecule has 1 aromatic heterocycles. The first-order valence-corrected chi connectivity index (χ1v) is 6.48. The standard InChI is InChI=1S/C12H11BrN2O3/c1-8-6-10-9(7-11(8)15(16)17)12(2-4-14-10)18-5-3-13/h2,4,6-7H,3,5H2,1H3.